The van der Waals surface area contributed by atoms with Crippen LogP contribution in [0.15, 0.2) is 21.7 Å². The summed E-state index contributed by atoms with van der Waals surface area (Å²) in [4.78, 5) is 0. The van der Waals surface area contributed by atoms with Crippen molar-refractivity contribution in [2.45, 2.75) is 30.5 Å². The molecule has 0 amide bonds. The summed E-state index contributed by atoms with van der Waals surface area (Å²) in [6, 6.07) is 4.94. The maximum absolute atomic E-state index is 3.48. The molecule has 3 heteroatoms. The lowest BCUT2D eigenvalue weighted by Gasteiger charge is -2.09. The molecule has 0 saturated carbocycles. The Balaban J connectivity index is 2.02. The van der Waals surface area contributed by atoms with E-state index in [0.29, 0.717) is 6.04 Å². The predicted octanol–water partition coefficient (Wildman–Crippen LogP) is 3.23. The van der Waals surface area contributed by atoms with Gasteiger partial charge in [0, 0.05) is 18.3 Å². The van der Waals surface area contributed by atoms with Crippen molar-refractivity contribution >= 4 is 23.1 Å². The second-order valence-corrected chi connectivity index (χ2v) is 5.39. The molecule has 1 heterocycles. The van der Waals surface area contributed by atoms with Crippen LogP contribution < -0.4 is 5.32 Å². The van der Waals surface area contributed by atoms with Crippen LogP contribution in [-0.2, 0) is 0 Å². The second-order valence-electron chi connectivity index (χ2n) is 3.04. The summed E-state index contributed by atoms with van der Waals surface area (Å²) in [5, 5.41) is 5.61. The zero-order valence-corrected chi connectivity index (χ0v) is 9.88. The van der Waals surface area contributed by atoms with E-state index in [1.54, 1.807) is 0 Å². The molecule has 0 aliphatic heterocycles. The molecule has 0 aromatic carbocycles. The molecule has 1 aromatic heterocycles. The van der Waals surface area contributed by atoms with Gasteiger partial charge in [-0.25, -0.2) is 0 Å². The van der Waals surface area contributed by atoms with E-state index in [4.69, 9.17) is 0 Å². The molecule has 1 atom stereocenters. The van der Waals surface area contributed by atoms with Crippen LogP contribution in [0, 0.1) is 0 Å². The molecule has 1 unspecified atom stereocenters. The molecule has 0 saturated heterocycles. The van der Waals surface area contributed by atoms with Gasteiger partial charge in [-0.15, -0.1) is 23.1 Å². The van der Waals surface area contributed by atoms with Gasteiger partial charge in [0.05, 0.1) is 4.21 Å². The van der Waals surface area contributed by atoms with Crippen LogP contribution in [-0.4, -0.2) is 18.3 Å². The highest BCUT2D eigenvalue weighted by molar-refractivity contribution is 8.01. The van der Waals surface area contributed by atoms with E-state index in [-0.39, 0.29) is 0 Å². The van der Waals surface area contributed by atoms with Crippen molar-refractivity contribution in [3.63, 3.8) is 0 Å². The average Bonchev–Trinajstić information content (AvgIpc) is 2.64. The van der Waals surface area contributed by atoms with Crippen molar-refractivity contribution in [3.8, 4) is 0 Å². The van der Waals surface area contributed by atoms with Gasteiger partial charge in [-0.1, -0.05) is 13.0 Å². The third kappa shape index (κ3) is 4.69. The molecule has 0 fully saturated rings. The second kappa shape index (κ2) is 6.46. The summed E-state index contributed by atoms with van der Waals surface area (Å²) in [5.74, 6) is 1.17. The Morgan fingerprint density at radius 1 is 1.62 bits per heavy atom. The Morgan fingerprint density at radius 2 is 2.46 bits per heavy atom. The summed E-state index contributed by atoms with van der Waals surface area (Å²) in [5.41, 5.74) is 0. The Bertz CT molecular complexity index is 209. The Hall–Kier alpha value is 0.01000. The highest BCUT2D eigenvalue weighted by atomic mass is 32.2. The van der Waals surface area contributed by atoms with E-state index in [1.807, 2.05) is 23.1 Å². The molecule has 1 N–H and O–H groups in total. The standard InChI is InChI=1S/C10H17NS2/c1-3-9(2)11-6-8-13-10-5-4-7-12-10/h4-5,7,9,11H,3,6,8H2,1-2H3. The Kier molecular flexibility index (Phi) is 5.51. The van der Waals surface area contributed by atoms with Crippen molar-refractivity contribution in [1.82, 2.24) is 5.32 Å². The number of nitrogens with one attached hydrogen (secondary N) is 1. The largest absolute Gasteiger partial charge is 0.313 e. The number of hydrogen-bond donors (Lipinski definition) is 1. The van der Waals surface area contributed by atoms with Gasteiger partial charge < -0.3 is 5.32 Å². The lowest BCUT2D eigenvalue weighted by molar-refractivity contribution is 0.555. The van der Waals surface area contributed by atoms with E-state index in [1.165, 1.54) is 16.4 Å². The van der Waals surface area contributed by atoms with Gasteiger partial charge in [-0.05, 0) is 24.8 Å². The first kappa shape index (κ1) is 11.1. The van der Waals surface area contributed by atoms with Crippen molar-refractivity contribution in [1.29, 1.82) is 0 Å². The summed E-state index contributed by atoms with van der Waals surface area (Å²) < 4.78 is 1.42. The van der Waals surface area contributed by atoms with Crippen LogP contribution in [0.1, 0.15) is 20.3 Å². The van der Waals surface area contributed by atoms with Crippen molar-refractivity contribution < 1.29 is 0 Å². The van der Waals surface area contributed by atoms with Gasteiger partial charge >= 0.3 is 0 Å². The van der Waals surface area contributed by atoms with E-state index in [9.17, 15) is 0 Å². The van der Waals surface area contributed by atoms with Crippen LogP contribution in [0.5, 0.6) is 0 Å². The highest BCUT2D eigenvalue weighted by Gasteiger charge is 1.97. The summed E-state index contributed by atoms with van der Waals surface area (Å²) in [7, 11) is 0. The first-order valence-electron chi connectivity index (χ1n) is 4.72. The van der Waals surface area contributed by atoms with Gasteiger partial charge in [-0.2, -0.15) is 0 Å². The van der Waals surface area contributed by atoms with E-state index in [2.05, 4.69) is 36.7 Å². The van der Waals surface area contributed by atoms with Gasteiger partial charge in [-0.3, -0.25) is 0 Å². The van der Waals surface area contributed by atoms with E-state index < -0.39 is 0 Å². The quantitative estimate of drug-likeness (QED) is 0.577. The van der Waals surface area contributed by atoms with Crippen molar-refractivity contribution in [3.05, 3.63) is 17.5 Å². The van der Waals surface area contributed by atoms with Crippen LogP contribution in [0.2, 0.25) is 0 Å². The summed E-state index contributed by atoms with van der Waals surface area (Å²) >= 11 is 3.76. The molecule has 0 radical (unpaired) electrons. The minimum Gasteiger partial charge on any atom is -0.313 e. The maximum Gasteiger partial charge on any atom is 0.0598 e. The number of thioether (sulfide) groups is 1. The lowest BCUT2D eigenvalue weighted by atomic mass is 10.3. The average molecular weight is 215 g/mol. The topological polar surface area (TPSA) is 12.0 Å². The van der Waals surface area contributed by atoms with Gasteiger partial charge in [0.2, 0.25) is 0 Å². The number of rotatable bonds is 6. The molecule has 0 spiro atoms. The summed E-state index contributed by atoms with van der Waals surface area (Å²) in [6.45, 7) is 5.55. The highest BCUT2D eigenvalue weighted by Crippen LogP contribution is 2.22. The zero-order valence-electron chi connectivity index (χ0n) is 8.25. The van der Waals surface area contributed by atoms with Gasteiger partial charge in [0.1, 0.15) is 0 Å². The Labute approximate surface area is 88.9 Å². The van der Waals surface area contributed by atoms with Crippen molar-refractivity contribution in [2.75, 3.05) is 12.3 Å². The minimum atomic E-state index is 0.656. The fraction of sp³-hybridized carbons (Fsp3) is 0.600. The molecule has 0 bridgehead atoms. The van der Waals surface area contributed by atoms with E-state index >= 15 is 0 Å². The van der Waals surface area contributed by atoms with Gasteiger partial charge in [0.15, 0.2) is 0 Å². The SMILES string of the molecule is CCC(C)NCCSc1cccs1. The summed E-state index contributed by atoms with van der Waals surface area (Å²) in [6.07, 6.45) is 1.21. The fourth-order valence-electron chi connectivity index (χ4n) is 0.947. The minimum absolute atomic E-state index is 0.656. The molecule has 0 aliphatic rings. The van der Waals surface area contributed by atoms with Gasteiger partial charge in [0.25, 0.3) is 0 Å². The van der Waals surface area contributed by atoms with Crippen LogP contribution in [0.25, 0.3) is 0 Å². The molecule has 13 heavy (non-hydrogen) atoms. The van der Waals surface area contributed by atoms with Crippen LogP contribution in [0.3, 0.4) is 0 Å². The number of hydrogen-bond acceptors (Lipinski definition) is 3. The van der Waals surface area contributed by atoms with E-state index in [0.717, 1.165) is 6.54 Å². The predicted molar refractivity (Wildman–Crippen MR) is 62.8 cm³/mol. The smallest absolute Gasteiger partial charge is 0.0598 e. The molecule has 74 valence electrons. The third-order valence-electron chi connectivity index (χ3n) is 1.95. The molecular formula is C10H17NS2. The molecule has 0 aliphatic carbocycles. The maximum atomic E-state index is 3.48. The lowest BCUT2D eigenvalue weighted by Crippen LogP contribution is -2.27. The van der Waals surface area contributed by atoms with Crippen molar-refractivity contribution in [2.24, 2.45) is 0 Å². The Morgan fingerprint density at radius 3 is 3.08 bits per heavy atom. The zero-order chi connectivity index (χ0) is 9.52. The molecule has 1 rings (SSSR count). The first-order chi connectivity index (χ1) is 6.33. The monoisotopic (exact) mass is 215 g/mol. The van der Waals surface area contributed by atoms with Crippen LogP contribution in [0.4, 0.5) is 0 Å². The molecule has 1 aromatic rings. The third-order valence-corrected chi connectivity index (χ3v) is 4.08. The normalized spacial score (nSPS) is 13.1. The number of thiophene rings is 1. The fourth-order valence-corrected chi connectivity index (χ4v) is 2.68. The molecular weight excluding hydrogens is 198 g/mol. The molecule has 1 nitrogen and oxygen atoms in total. The first-order valence-corrected chi connectivity index (χ1v) is 6.59. The van der Waals surface area contributed by atoms with Crippen LogP contribution >= 0.6 is 23.1 Å².